The Balaban J connectivity index is 1.55. The van der Waals surface area contributed by atoms with Gasteiger partial charge in [-0.15, -0.1) is 0 Å². The Morgan fingerprint density at radius 2 is 1.80 bits per heavy atom. The van der Waals surface area contributed by atoms with Crippen molar-refractivity contribution >= 4 is 28.9 Å². The highest BCUT2D eigenvalue weighted by Gasteiger charge is 2.36. The molecule has 2 amide bonds. The lowest BCUT2D eigenvalue weighted by Gasteiger charge is -2.23. The topological polar surface area (TPSA) is 77.5 Å². The van der Waals surface area contributed by atoms with Crippen molar-refractivity contribution in [1.82, 2.24) is 4.98 Å². The fourth-order valence-corrected chi connectivity index (χ4v) is 3.88. The summed E-state index contributed by atoms with van der Waals surface area (Å²) in [5.41, 5.74) is 4.45. The first kappa shape index (κ1) is 19.9. The first-order valence-electron chi connectivity index (χ1n) is 10.0. The van der Waals surface area contributed by atoms with Gasteiger partial charge in [0.2, 0.25) is 0 Å². The molecule has 1 atom stereocenters. The van der Waals surface area contributed by atoms with Crippen LogP contribution in [0.3, 0.4) is 0 Å². The van der Waals surface area contributed by atoms with E-state index < -0.39 is 6.10 Å². The minimum atomic E-state index is -0.543. The Kier molecular flexibility index (Phi) is 5.18. The van der Waals surface area contributed by atoms with E-state index in [2.05, 4.69) is 52.6 Å². The van der Waals surface area contributed by atoms with Gasteiger partial charge in [-0.1, -0.05) is 44.2 Å². The number of aliphatic hydroxyl groups excluding tert-OH is 1. The quantitative estimate of drug-likeness (QED) is 0.560. The number of para-hydroxylation sites is 1. The molecule has 0 aliphatic carbocycles. The smallest absolute Gasteiger partial charge is 0.323 e. The van der Waals surface area contributed by atoms with Crippen LogP contribution < -0.4 is 15.5 Å². The number of carbonyl (C=O) groups excluding carboxylic acids is 1. The average molecular weight is 402 g/mol. The summed E-state index contributed by atoms with van der Waals surface area (Å²) >= 11 is 0. The Labute approximate surface area is 176 Å². The molecule has 3 N–H and O–H groups in total. The van der Waals surface area contributed by atoms with Crippen molar-refractivity contribution in [2.24, 2.45) is 0 Å². The van der Waals surface area contributed by atoms with E-state index in [1.165, 1.54) is 5.56 Å². The molecule has 0 saturated carbocycles. The lowest BCUT2D eigenvalue weighted by Crippen LogP contribution is -2.27. The van der Waals surface area contributed by atoms with Crippen molar-refractivity contribution in [3.8, 4) is 0 Å². The molecule has 1 aliphatic rings. The number of benzene rings is 2. The van der Waals surface area contributed by atoms with Crippen LogP contribution in [0.5, 0.6) is 0 Å². The van der Waals surface area contributed by atoms with E-state index in [-0.39, 0.29) is 11.4 Å². The van der Waals surface area contributed by atoms with Gasteiger partial charge in [-0.3, -0.25) is 0 Å². The summed E-state index contributed by atoms with van der Waals surface area (Å²) in [5, 5.41) is 15.4. The van der Waals surface area contributed by atoms with Crippen LogP contribution in [-0.4, -0.2) is 22.7 Å². The largest absolute Gasteiger partial charge is 0.389 e. The number of nitrogens with one attached hydrogen (secondary N) is 2. The van der Waals surface area contributed by atoms with Gasteiger partial charge < -0.3 is 20.6 Å². The Hall–Kier alpha value is -3.38. The fraction of sp³-hybridized carbons (Fsp3) is 0.250. The van der Waals surface area contributed by atoms with E-state index >= 15 is 0 Å². The minimum absolute atomic E-state index is 0.0146. The van der Waals surface area contributed by atoms with E-state index in [4.69, 9.17) is 0 Å². The highest BCUT2D eigenvalue weighted by Crippen LogP contribution is 2.45. The number of amides is 2. The molecule has 3 aromatic rings. The maximum absolute atomic E-state index is 12.6. The number of aromatic nitrogens is 1. The number of urea groups is 1. The molecule has 6 heteroatoms. The molecule has 1 aliphatic heterocycles. The molecule has 0 spiro atoms. The number of rotatable bonds is 4. The van der Waals surface area contributed by atoms with Gasteiger partial charge in [-0.25, -0.2) is 9.78 Å². The number of hydrogen-bond acceptors (Lipinski definition) is 4. The molecule has 0 radical (unpaired) electrons. The first-order chi connectivity index (χ1) is 14.3. The van der Waals surface area contributed by atoms with Crippen molar-refractivity contribution in [2.75, 3.05) is 22.1 Å². The fourth-order valence-electron chi connectivity index (χ4n) is 3.88. The average Bonchev–Trinajstić information content (AvgIpc) is 3.00. The summed E-state index contributed by atoms with van der Waals surface area (Å²) in [6.45, 7) is 6.91. The second-order valence-electron chi connectivity index (χ2n) is 8.24. The summed E-state index contributed by atoms with van der Waals surface area (Å²) in [4.78, 5) is 19.3. The van der Waals surface area contributed by atoms with Crippen molar-refractivity contribution in [3.05, 3.63) is 78.0 Å². The van der Waals surface area contributed by atoms with Gasteiger partial charge in [0, 0.05) is 29.5 Å². The van der Waals surface area contributed by atoms with Crippen LogP contribution in [0.25, 0.3) is 0 Å². The number of pyridine rings is 1. The molecule has 1 unspecified atom stereocenters. The van der Waals surface area contributed by atoms with Crippen LogP contribution in [-0.2, 0) is 5.41 Å². The number of hydrogen-bond donors (Lipinski definition) is 3. The van der Waals surface area contributed by atoms with Crippen molar-refractivity contribution < 1.29 is 9.90 Å². The van der Waals surface area contributed by atoms with Gasteiger partial charge in [0.15, 0.2) is 5.82 Å². The number of nitrogens with zero attached hydrogens (tertiary/aromatic N) is 2. The summed E-state index contributed by atoms with van der Waals surface area (Å²) in [6.07, 6.45) is 1.19. The monoisotopic (exact) mass is 402 g/mol. The molecule has 4 rings (SSSR count). The second-order valence-corrected chi connectivity index (χ2v) is 8.24. The molecule has 0 bridgehead atoms. The van der Waals surface area contributed by atoms with Crippen LogP contribution in [0.4, 0.5) is 27.7 Å². The zero-order valence-electron chi connectivity index (χ0n) is 17.4. The van der Waals surface area contributed by atoms with Gasteiger partial charge in [0.25, 0.3) is 0 Å². The molecular weight excluding hydrogens is 376 g/mol. The Morgan fingerprint density at radius 3 is 2.53 bits per heavy atom. The van der Waals surface area contributed by atoms with Crippen molar-refractivity contribution in [2.45, 2.75) is 32.3 Å². The molecular formula is C24H26N4O2. The molecule has 2 heterocycles. The van der Waals surface area contributed by atoms with Gasteiger partial charge in [-0.05, 0) is 48.4 Å². The maximum Gasteiger partial charge on any atom is 0.323 e. The highest BCUT2D eigenvalue weighted by atomic mass is 16.3. The number of carbonyl (C=O) groups is 1. The van der Waals surface area contributed by atoms with Crippen LogP contribution in [0.1, 0.15) is 38.0 Å². The molecule has 1 aromatic heterocycles. The van der Waals surface area contributed by atoms with Gasteiger partial charge in [-0.2, -0.15) is 0 Å². The number of anilines is 4. The summed E-state index contributed by atoms with van der Waals surface area (Å²) in [6, 6.07) is 18.7. The molecule has 0 saturated heterocycles. The first-order valence-corrected chi connectivity index (χ1v) is 10.0. The lowest BCUT2D eigenvalue weighted by molar-refractivity contribution is 0.199. The van der Waals surface area contributed by atoms with Crippen molar-refractivity contribution in [1.29, 1.82) is 0 Å². The Bertz CT molecular complexity index is 1060. The van der Waals surface area contributed by atoms with E-state index in [0.717, 1.165) is 23.6 Å². The van der Waals surface area contributed by atoms with Crippen LogP contribution in [0, 0.1) is 0 Å². The van der Waals surface area contributed by atoms with Gasteiger partial charge >= 0.3 is 6.03 Å². The molecule has 30 heavy (non-hydrogen) atoms. The normalized spacial score (nSPS) is 15.4. The summed E-state index contributed by atoms with van der Waals surface area (Å²) in [7, 11) is 0. The third kappa shape index (κ3) is 3.86. The molecule has 6 nitrogen and oxygen atoms in total. The SMILES string of the molecule is CC(O)c1ccc(NC(=O)Nc2cccnc2N2CC(C)(C)c3ccccc32)cc1. The van der Waals surface area contributed by atoms with Crippen molar-refractivity contribution in [3.63, 3.8) is 0 Å². The lowest BCUT2D eigenvalue weighted by atomic mass is 9.87. The maximum atomic E-state index is 12.6. The molecule has 0 fully saturated rings. The van der Waals surface area contributed by atoms with Crippen LogP contribution in [0.2, 0.25) is 0 Å². The summed E-state index contributed by atoms with van der Waals surface area (Å²) in [5.74, 6) is 0.718. The van der Waals surface area contributed by atoms with E-state index in [9.17, 15) is 9.90 Å². The van der Waals surface area contributed by atoms with Gasteiger partial charge in [0.1, 0.15) is 0 Å². The standard InChI is InChI=1S/C24H26N4O2/c1-16(29)17-10-12-18(13-11-17)26-23(30)27-20-8-6-14-25-22(20)28-15-24(2,3)19-7-4-5-9-21(19)28/h4-14,16,29H,15H2,1-3H3,(H2,26,27,30). The zero-order chi connectivity index (χ0) is 21.3. The van der Waals surface area contributed by atoms with Crippen LogP contribution >= 0.6 is 0 Å². The highest BCUT2D eigenvalue weighted by molar-refractivity contribution is 6.02. The predicted molar refractivity (Wildman–Crippen MR) is 120 cm³/mol. The Morgan fingerprint density at radius 1 is 1.07 bits per heavy atom. The number of aliphatic hydroxyl groups is 1. The predicted octanol–water partition coefficient (Wildman–Crippen LogP) is 5.21. The van der Waals surface area contributed by atoms with E-state index in [0.29, 0.717) is 11.4 Å². The van der Waals surface area contributed by atoms with Gasteiger partial charge in [0.05, 0.1) is 11.8 Å². The van der Waals surface area contributed by atoms with E-state index in [1.807, 2.05) is 18.2 Å². The molecule has 2 aromatic carbocycles. The van der Waals surface area contributed by atoms with Crippen LogP contribution in [0.15, 0.2) is 66.9 Å². The minimum Gasteiger partial charge on any atom is -0.389 e. The third-order valence-electron chi connectivity index (χ3n) is 5.42. The molecule has 154 valence electrons. The number of fused-ring (bicyclic) bond motifs is 1. The second kappa shape index (κ2) is 7.80. The summed E-state index contributed by atoms with van der Waals surface area (Å²) < 4.78 is 0. The van der Waals surface area contributed by atoms with E-state index in [1.54, 1.807) is 37.4 Å². The zero-order valence-corrected chi connectivity index (χ0v) is 17.4. The third-order valence-corrected chi connectivity index (χ3v) is 5.42.